The number of carbonyl (C=O) groups is 3. The molecule has 1 heterocycles. The topological polar surface area (TPSA) is 113 Å². The van der Waals surface area contributed by atoms with Crippen LogP contribution in [0.4, 0.5) is 15.0 Å². The zero-order valence-corrected chi connectivity index (χ0v) is 18.1. The molecule has 3 N–H and O–H groups in total. The minimum absolute atomic E-state index is 0.0169. The fourth-order valence-electron chi connectivity index (χ4n) is 2.57. The molecular weight excluding hydrogens is 415 g/mol. The third-order valence-electron chi connectivity index (χ3n) is 3.95. The summed E-state index contributed by atoms with van der Waals surface area (Å²) in [5.74, 6) is -1.76. The zero-order valence-electron chi connectivity index (χ0n) is 17.4. The van der Waals surface area contributed by atoms with Gasteiger partial charge in [-0.15, -0.1) is 0 Å². The van der Waals surface area contributed by atoms with E-state index in [0.717, 1.165) is 6.07 Å². The predicted octanol–water partition coefficient (Wildman–Crippen LogP) is 3.79. The lowest BCUT2D eigenvalue weighted by atomic mass is 9.98. The molecule has 0 aliphatic rings. The minimum atomic E-state index is -0.969. The highest BCUT2D eigenvalue weighted by Crippen LogP contribution is 2.25. The monoisotopic (exact) mass is 438 g/mol. The molecule has 1 atom stereocenters. The van der Waals surface area contributed by atoms with E-state index < -0.39 is 41.7 Å². The van der Waals surface area contributed by atoms with Crippen LogP contribution >= 0.6 is 11.6 Å². The van der Waals surface area contributed by atoms with Gasteiger partial charge in [0.1, 0.15) is 11.4 Å². The maximum Gasteiger partial charge on any atom is 0.408 e. The summed E-state index contributed by atoms with van der Waals surface area (Å²) in [5.41, 5.74) is -0.361. The van der Waals surface area contributed by atoms with Crippen LogP contribution in [0.3, 0.4) is 0 Å². The summed E-state index contributed by atoms with van der Waals surface area (Å²) >= 11 is 6.13. The minimum Gasteiger partial charge on any atom is -0.444 e. The van der Waals surface area contributed by atoms with Gasteiger partial charge in [-0.3, -0.25) is 14.7 Å². The molecule has 2 aromatic rings. The number of rotatable bonds is 6. The molecule has 0 bridgehead atoms. The van der Waals surface area contributed by atoms with E-state index in [4.69, 9.17) is 16.3 Å². The number of benzene rings is 1. The zero-order chi connectivity index (χ0) is 22.6. The summed E-state index contributed by atoms with van der Waals surface area (Å²) in [7, 11) is 0. The van der Waals surface area contributed by atoms with E-state index in [1.807, 2.05) is 0 Å². The summed E-state index contributed by atoms with van der Waals surface area (Å²) in [6.07, 6.45) is -1.23. The van der Waals surface area contributed by atoms with Gasteiger partial charge in [-0.25, -0.2) is 9.18 Å². The number of H-pyrrole nitrogens is 1. The van der Waals surface area contributed by atoms with Gasteiger partial charge in [0.15, 0.2) is 11.6 Å². The molecule has 1 aromatic carbocycles. The van der Waals surface area contributed by atoms with Crippen molar-refractivity contribution < 1.29 is 23.5 Å². The summed E-state index contributed by atoms with van der Waals surface area (Å²) < 4.78 is 19.6. The maximum atomic E-state index is 14.5. The van der Waals surface area contributed by atoms with Crippen molar-refractivity contribution in [2.24, 2.45) is 0 Å². The van der Waals surface area contributed by atoms with Gasteiger partial charge in [0.2, 0.25) is 0 Å². The number of halogens is 2. The van der Waals surface area contributed by atoms with E-state index in [-0.39, 0.29) is 22.0 Å². The molecule has 0 fully saturated rings. The molecular formula is C20H24ClFN4O4. The molecule has 0 saturated carbocycles. The van der Waals surface area contributed by atoms with Crippen LogP contribution in [0.2, 0.25) is 5.02 Å². The van der Waals surface area contributed by atoms with Gasteiger partial charge in [-0.2, -0.15) is 5.10 Å². The largest absolute Gasteiger partial charge is 0.444 e. The molecule has 10 heteroatoms. The third kappa shape index (κ3) is 6.28. The van der Waals surface area contributed by atoms with Crippen molar-refractivity contribution in [1.82, 2.24) is 15.5 Å². The Bertz CT molecular complexity index is 968. The molecule has 30 heavy (non-hydrogen) atoms. The third-order valence-corrected chi connectivity index (χ3v) is 4.26. The summed E-state index contributed by atoms with van der Waals surface area (Å²) in [6.45, 7) is 8.26. The lowest BCUT2D eigenvalue weighted by molar-refractivity contribution is -0.120. The Labute approximate surface area is 178 Å². The Morgan fingerprint density at radius 3 is 2.53 bits per heavy atom. The second-order valence-electron chi connectivity index (χ2n) is 7.78. The number of aromatic nitrogens is 2. The second kappa shape index (κ2) is 9.25. The number of alkyl carbamates (subject to hydrolysis) is 1. The normalized spacial score (nSPS) is 12.2. The highest BCUT2D eigenvalue weighted by atomic mass is 35.5. The van der Waals surface area contributed by atoms with E-state index in [0.29, 0.717) is 5.69 Å². The van der Waals surface area contributed by atoms with Gasteiger partial charge in [0.25, 0.3) is 5.91 Å². The summed E-state index contributed by atoms with van der Waals surface area (Å²) in [4.78, 5) is 37.1. The van der Waals surface area contributed by atoms with Gasteiger partial charge in [0.05, 0.1) is 16.6 Å². The molecule has 0 unspecified atom stereocenters. The van der Waals surface area contributed by atoms with Crippen LogP contribution < -0.4 is 10.6 Å². The van der Waals surface area contributed by atoms with Gasteiger partial charge >= 0.3 is 6.09 Å². The predicted molar refractivity (Wildman–Crippen MR) is 110 cm³/mol. The number of anilines is 1. The number of carbonyl (C=O) groups excluding carboxylic acids is 3. The number of ether oxygens (including phenoxy) is 1. The number of nitrogens with zero attached hydrogens (tertiary/aromatic N) is 1. The highest BCUT2D eigenvalue weighted by molar-refractivity contribution is 6.34. The standard InChI is InChI=1S/C20H24ClFN4O4/c1-10-8-16(26-25-10)24-18(28)17-12(14(22)7-6-13(17)21)9-15(27)11(2)23-19(29)30-20(3,4)5/h6-8,11H,9H2,1-5H3,(H,23,29)(H2,24,25,26,28)/t11-/m0/s1. The van der Waals surface area contributed by atoms with Crippen LogP contribution in [0.25, 0.3) is 0 Å². The molecule has 0 radical (unpaired) electrons. The summed E-state index contributed by atoms with van der Waals surface area (Å²) in [5, 5.41) is 11.5. The molecule has 8 nitrogen and oxygen atoms in total. The number of Topliss-reactive ketones (excluding diaryl/α,β-unsaturated/α-hetero) is 1. The number of hydrogen-bond donors (Lipinski definition) is 3. The number of aryl methyl sites for hydroxylation is 1. The van der Waals surface area contributed by atoms with Crippen LogP contribution in [0.15, 0.2) is 18.2 Å². The van der Waals surface area contributed by atoms with Crippen molar-refractivity contribution in [3.8, 4) is 0 Å². The van der Waals surface area contributed by atoms with Crippen molar-refractivity contribution in [3.05, 3.63) is 45.9 Å². The first-order chi connectivity index (χ1) is 13.9. The van der Waals surface area contributed by atoms with Crippen LogP contribution in [-0.2, 0) is 16.0 Å². The molecule has 0 spiro atoms. The number of nitrogens with one attached hydrogen (secondary N) is 3. The van der Waals surface area contributed by atoms with Crippen LogP contribution in [0.1, 0.15) is 49.3 Å². The molecule has 162 valence electrons. The van der Waals surface area contributed by atoms with Gasteiger partial charge in [-0.1, -0.05) is 11.6 Å². The van der Waals surface area contributed by atoms with Crippen molar-refractivity contribution in [3.63, 3.8) is 0 Å². The molecule has 2 rings (SSSR count). The lowest BCUT2D eigenvalue weighted by Gasteiger charge is -2.21. The van der Waals surface area contributed by atoms with E-state index in [1.54, 1.807) is 33.8 Å². The lowest BCUT2D eigenvalue weighted by Crippen LogP contribution is -2.42. The fourth-order valence-corrected chi connectivity index (χ4v) is 2.83. The Kier molecular flexibility index (Phi) is 7.20. The van der Waals surface area contributed by atoms with Crippen molar-refractivity contribution >= 4 is 35.2 Å². The number of aromatic amines is 1. The SMILES string of the molecule is Cc1cc(NC(=O)c2c(Cl)ccc(F)c2CC(=O)[C@H](C)NC(=O)OC(C)(C)C)n[nH]1. The van der Waals surface area contributed by atoms with Gasteiger partial charge < -0.3 is 15.4 Å². The molecule has 0 aliphatic carbocycles. The van der Waals surface area contributed by atoms with Gasteiger partial charge in [0, 0.05) is 23.7 Å². The number of hydrogen-bond acceptors (Lipinski definition) is 5. The van der Waals surface area contributed by atoms with Crippen LogP contribution in [0.5, 0.6) is 0 Å². The highest BCUT2D eigenvalue weighted by Gasteiger charge is 2.26. The first-order valence-corrected chi connectivity index (χ1v) is 9.57. The quantitative estimate of drug-likeness (QED) is 0.635. The molecule has 1 aromatic heterocycles. The Hall–Kier alpha value is -2.94. The first kappa shape index (κ1) is 23.3. The fraction of sp³-hybridized carbons (Fsp3) is 0.400. The van der Waals surface area contributed by atoms with E-state index in [2.05, 4.69) is 20.8 Å². The smallest absolute Gasteiger partial charge is 0.408 e. The molecule has 0 saturated heterocycles. The van der Waals surface area contributed by atoms with Crippen LogP contribution in [-0.4, -0.2) is 39.6 Å². The van der Waals surface area contributed by atoms with Crippen LogP contribution in [0, 0.1) is 12.7 Å². The van der Waals surface area contributed by atoms with Gasteiger partial charge in [-0.05, 0) is 46.8 Å². The van der Waals surface area contributed by atoms with Crippen molar-refractivity contribution in [2.45, 2.75) is 52.7 Å². The maximum absolute atomic E-state index is 14.5. The van der Waals surface area contributed by atoms with E-state index in [1.165, 1.54) is 13.0 Å². The first-order valence-electron chi connectivity index (χ1n) is 9.20. The summed E-state index contributed by atoms with van der Waals surface area (Å²) in [6, 6.07) is 2.93. The average molecular weight is 439 g/mol. The Morgan fingerprint density at radius 1 is 1.30 bits per heavy atom. The Morgan fingerprint density at radius 2 is 1.97 bits per heavy atom. The average Bonchev–Trinajstić information content (AvgIpc) is 3.00. The number of amides is 2. The molecule has 0 aliphatic heterocycles. The van der Waals surface area contributed by atoms with E-state index in [9.17, 15) is 18.8 Å². The second-order valence-corrected chi connectivity index (χ2v) is 8.19. The van der Waals surface area contributed by atoms with E-state index >= 15 is 0 Å². The van der Waals surface area contributed by atoms with Crippen molar-refractivity contribution in [2.75, 3.05) is 5.32 Å². The van der Waals surface area contributed by atoms with Crippen molar-refractivity contribution in [1.29, 1.82) is 0 Å². The number of ketones is 1. The Balaban J connectivity index is 2.20. The molecule has 2 amide bonds.